The maximum absolute atomic E-state index is 12.5. The van der Waals surface area contributed by atoms with Gasteiger partial charge in [-0.05, 0) is 18.6 Å². The molecule has 0 aromatic carbocycles. The first-order valence-electron chi connectivity index (χ1n) is 8.81. The number of carbonyl (C=O) groups is 2. The molecule has 0 unspecified atom stereocenters. The minimum Gasteiger partial charge on any atom is -0.361 e. The zero-order valence-corrected chi connectivity index (χ0v) is 15.1. The Balaban J connectivity index is 1.32. The van der Waals surface area contributed by atoms with Crippen LogP contribution in [0.4, 0.5) is 4.79 Å². The maximum Gasteiger partial charge on any atom is 0.317 e. The fraction of sp³-hybridized carbons (Fsp3) is 0.444. The Morgan fingerprint density at radius 1 is 1.41 bits per heavy atom. The number of nitrogens with zero attached hydrogens (tertiary/aromatic N) is 4. The average molecular weight is 371 g/mol. The lowest BCUT2D eigenvalue weighted by Crippen LogP contribution is -2.55. The molecule has 9 nitrogen and oxygen atoms in total. The number of aromatic nitrogens is 2. The molecule has 0 saturated carbocycles. The van der Waals surface area contributed by atoms with E-state index in [1.807, 2.05) is 12.1 Å². The van der Waals surface area contributed by atoms with Crippen LogP contribution in [0, 0.1) is 0 Å². The monoisotopic (exact) mass is 371 g/mol. The van der Waals surface area contributed by atoms with Gasteiger partial charge in [0.05, 0.1) is 19.6 Å². The van der Waals surface area contributed by atoms with Crippen LogP contribution >= 0.6 is 0 Å². The summed E-state index contributed by atoms with van der Waals surface area (Å²) in [6.45, 7) is 1.88. The first-order valence-corrected chi connectivity index (χ1v) is 8.81. The summed E-state index contributed by atoms with van der Waals surface area (Å²) in [5.74, 6) is 0.536. The van der Waals surface area contributed by atoms with E-state index in [4.69, 9.17) is 9.26 Å². The van der Waals surface area contributed by atoms with Gasteiger partial charge in [-0.15, -0.1) is 0 Å². The van der Waals surface area contributed by atoms with E-state index in [-0.39, 0.29) is 25.1 Å². The number of hydrogen-bond donors (Lipinski definition) is 1. The number of likely N-dealkylation sites (tertiary alicyclic amines) is 1. The smallest absolute Gasteiger partial charge is 0.317 e. The Labute approximate surface area is 156 Å². The number of hydrogen-bond acceptors (Lipinski definition) is 6. The van der Waals surface area contributed by atoms with Gasteiger partial charge in [-0.1, -0.05) is 5.16 Å². The first kappa shape index (κ1) is 17.5. The van der Waals surface area contributed by atoms with Crippen molar-refractivity contribution in [1.29, 1.82) is 0 Å². The second-order valence-electron chi connectivity index (χ2n) is 6.97. The van der Waals surface area contributed by atoms with Crippen molar-refractivity contribution >= 4 is 11.9 Å². The Bertz CT molecular complexity index is 839. The van der Waals surface area contributed by atoms with Crippen molar-refractivity contribution in [2.24, 2.45) is 0 Å². The van der Waals surface area contributed by atoms with E-state index in [2.05, 4.69) is 15.5 Å². The van der Waals surface area contributed by atoms with E-state index in [0.29, 0.717) is 37.5 Å². The standard InChI is InChI=1S/C18H21N5O4/c1-22-11-18(26-10-16(22)24)4-6-23(12-18)17(25)20-9-14-7-15(21-27-14)13-3-2-5-19-8-13/h2-3,5,7-8H,4,6,9-12H2,1H3,(H,20,25)/t18-/m0/s1. The van der Waals surface area contributed by atoms with Gasteiger partial charge >= 0.3 is 6.03 Å². The highest BCUT2D eigenvalue weighted by Crippen LogP contribution is 2.29. The van der Waals surface area contributed by atoms with E-state index >= 15 is 0 Å². The maximum atomic E-state index is 12.5. The van der Waals surface area contributed by atoms with Crippen LogP contribution in [0.2, 0.25) is 0 Å². The lowest BCUT2D eigenvalue weighted by Gasteiger charge is -2.38. The summed E-state index contributed by atoms with van der Waals surface area (Å²) in [6, 6.07) is 5.32. The Hall–Kier alpha value is -2.94. The van der Waals surface area contributed by atoms with Gasteiger partial charge in [-0.25, -0.2) is 4.79 Å². The van der Waals surface area contributed by atoms with Gasteiger partial charge in [0.15, 0.2) is 5.76 Å². The number of ether oxygens (including phenoxy) is 1. The van der Waals surface area contributed by atoms with Crippen molar-refractivity contribution in [3.05, 3.63) is 36.4 Å². The van der Waals surface area contributed by atoms with Crippen molar-refractivity contribution < 1.29 is 18.8 Å². The van der Waals surface area contributed by atoms with Crippen LogP contribution in [-0.4, -0.2) is 70.8 Å². The molecule has 27 heavy (non-hydrogen) atoms. The molecule has 2 aromatic rings. The molecule has 2 aliphatic heterocycles. The van der Waals surface area contributed by atoms with Crippen LogP contribution in [0.1, 0.15) is 12.2 Å². The third-order valence-electron chi connectivity index (χ3n) is 4.99. The van der Waals surface area contributed by atoms with E-state index in [0.717, 1.165) is 5.56 Å². The summed E-state index contributed by atoms with van der Waals surface area (Å²) in [7, 11) is 1.76. The lowest BCUT2D eigenvalue weighted by molar-refractivity contribution is -0.158. The highest BCUT2D eigenvalue weighted by atomic mass is 16.5. The summed E-state index contributed by atoms with van der Waals surface area (Å²) in [5.41, 5.74) is 1.07. The molecule has 2 aliphatic rings. The van der Waals surface area contributed by atoms with E-state index in [1.165, 1.54) is 0 Å². The van der Waals surface area contributed by atoms with E-state index < -0.39 is 5.60 Å². The summed E-state index contributed by atoms with van der Waals surface area (Å²) in [6.07, 6.45) is 4.11. The summed E-state index contributed by atoms with van der Waals surface area (Å²) >= 11 is 0. The van der Waals surface area contributed by atoms with Gasteiger partial charge in [0.1, 0.15) is 17.9 Å². The molecule has 142 valence electrons. The summed E-state index contributed by atoms with van der Waals surface area (Å²) in [5, 5.41) is 6.86. The Kier molecular flexibility index (Phi) is 4.53. The number of carbonyl (C=O) groups excluding carboxylic acids is 2. The first-order chi connectivity index (χ1) is 13.0. The summed E-state index contributed by atoms with van der Waals surface area (Å²) < 4.78 is 11.0. The molecule has 2 aromatic heterocycles. The molecule has 9 heteroatoms. The van der Waals surface area contributed by atoms with Crippen LogP contribution in [0.3, 0.4) is 0 Å². The number of urea groups is 1. The van der Waals surface area contributed by atoms with Crippen molar-refractivity contribution in [3.8, 4) is 11.3 Å². The number of rotatable bonds is 3. The molecule has 1 N–H and O–H groups in total. The predicted octanol–water partition coefficient (Wildman–Crippen LogP) is 0.879. The van der Waals surface area contributed by atoms with Crippen molar-refractivity contribution in [1.82, 2.24) is 25.3 Å². The highest BCUT2D eigenvalue weighted by molar-refractivity contribution is 5.78. The second kappa shape index (κ2) is 6.99. The quantitative estimate of drug-likeness (QED) is 0.860. The molecule has 1 spiro atoms. The molecule has 0 bridgehead atoms. The number of pyridine rings is 1. The SMILES string of the molecule is CN1C[C@]2(CCN(C(=O)NCc3cc(-c4cccnc4)no3)C2)OCC1=O. The molecular formula is C18H21N5O4. The zero-order chi connectivity index (χ0) is 18.9. The van der Waals surface area contributed by atoms with Gasteiger partial charge in [0.2, 0.25) is 5.91 Å². The fourth-order valence-electron chi connectivity index (χ4n) is 3.48. The molecule has 3 amide bonds. The van der Waals surface area contributed by atoms with Crippen molar-refractivity contribution in [3.63, 3.8) is 0 Å². The third-order valence-corrected chi connectivity index (χ3v) is 4.99. The van der Waals surface area contributed by atoms with Crippen LogP contribution in [-0.2, 0) is 16.1 Å². The molecule has 4 rings (SSSR count). The van der Waals surface area contributed by atoms with Gasteiger partial charge in [-0.3, -0.25) is 9.78 Å². The Morgan fingerprint density at radius 3 is 3.07 bits per heavy atom. The second-order valence-corrected chi connectivity index (χ2v) is 6.97. The largest absolute Gasteiger partial charge is 0.361 e. The van der Waals surface area contributed by atoms with Gasteiger partial charge < -0.3 is 24.4 Å². The van der Waals surface area contributed by atoms with Crippen molar-refractivity contribution in [2.45, 2.75) is 18.6 Å². The minimum atomic E-state index is -0.459. The highest BCUT2D eigenvalue weighted by Gasteiger charge is 2.45. The lowest BCUT2D eigenvalue weighted by atomic mass is 10.0. The molecule has 1 atom stereocenters. The van der Waals surface area contributed by atoms with Crippen LogP contribution in [0.25, 0.3) is 11.3 Å². The molecule has 2 fully saturated rings. The van der Waals surface area contributed by atoms with E-state index in [9.17, 15) is 9.59 Å². The molecule has 0 aliphatic carbocycles. The number of likely N-dealkylation sites (N-methyl/N-ethyl adjacent to an activating group) is 1. The molecule has 4 heterocycles. The zero-order valence-electron chi connectivity index (χ0n) is 15.1. The minimum absolute atomic E-state index is 0.0294. The van der Waals surface area contributed by atoms with Gasteiger partial charge in [-0.2, -0.15) is 0 Å². The predicted molar refractivity (Wildman–Crippen MR) is 94.5 cm³/mol. The normalized spacial score (nSPS) is 22.5. The molecular weight excluding hydrogens is 350 g/mol. The Morgan fingerprint density at radius 2 is 2.30 bits per heavy atom. The number of nitrogens with one attached hydrogen (secondary N) is 1. The van der Waals surface area contributed by atoms with Crippen LogP contribution in [0.5, 0.6) is 0 Å². The van der Waals surface area contributed by atoms with Gasteiger partial charge in [0.25, 0.3) is 0 Å². The van der Waals surface area contributed by atoms with E-state index in [1.54, 1.807) is 35.3 Å². The molecule has 2 saturated heterocycles. The number of morpholine rings is 1. The van der Waals surface area contributed by atoms with Crippen LogP contribution < -0.4 is 5.32 Å². The third kappa shape index (κ3) is 3.63. The van der Waals surface area contributed by atoms with Crippen molar-refractivity contribution in [2.75, 3.05) is 33.3 Å². The summed E-state index contributed by atoms with van der Waals surface area (Å²) in [4.78, 5) is 31.5. The van der Waals surface area contributed by atoms with Crippen LogP contribution in [0.15, 0.2) is 35.1 Å². The molecule has 0 radical (unpaired) electrons. The van der Waals surface area contributed by atoms with Gasteiger partial charge in [0, 0.05) is 37.6 Å². The number of amides is 3. The topological polar surface area (TPSA) is 101 Å². The fourth-order valence-corrected chi connectivity index (χ4v) is 3.48. The average Bonchev–Trinajstić information content (AvgIpc) is 3.32.